The summed E-state index contributed by atoms with van der Waals surface area (Å²) in [5.74, 6) is -1.46. The summed E-state index contributed by atoms with van der Waals surface area (Å²) in [6.45, 7) is 1.52. The molecule has 0 aliphatic carbocycles. The van der Waals surface area contributed by atoms with Gasteiger partial charge in [-0.1, -0.05) is 6.07 Å². The van der Waals surface area contributed by atoms with Gasteiger partial charge in [-0.3, -0.25) is 0 Å². The average molecular weight is 246 g/mol. The van der Waals surface area contributed by atoms with Crippen LogP contribution in [0.15, 0.2) is 24.5 Å². The minimum absolute atomic E-state index is 0.0170. The summed E-state index contributed by atoms with van der Waals surface area (Å²) in [5, 5.41) is 11.3. The quantitative estimate of drug-likeness (QED) is 0.884. The van der Waals surface area contributed by atoms with Crippen LogP contribution in [0.4, 0.5) is 20.3 Å². The van der Waals surface area contributed by atoms with Crippen molar-refractivity contribution in [2.24, 2.45) is 0 Å². The number of halogens is 2. The van der Waals surface area contributed by atoms with Crippen LogP contribution < -0.4 is 5.32 Å². The molecule has 0 amide bonds. The SMILES string of the molecule is Cc1ccc(F)c(Nc2nccnc2C#N)c1F. The van der Waals surface area contributed by atoms with Gasteiger partial charge in [0.25, 0.3) is 0 Å². The van der Waals surface area contributed by atoms with Crippen molar-refractivity contribution in [3.8, 4) is 6.07 Å². The lowest BCUT2D eigenvalue weighted by atomic mass is 10.2. The highest BCUT2D eigenvalue weighted by Crippen LogP contribution is 2.25. The zero-order chi connectivity index (χ0) is 13.1. The highest BCUT2D eigenvalue weighted by Gasteiger charge is 2.14. The molecule has 1 heterocycles. The fourth-order valence-electron chi connectivity index (χ4n) is 1.40. The first-order chi connectivity index (χ1) is 8.63. The molecular formula is C12H8F2N4. The fraction of sp³-hybridized carbons (Fsp3) is 0.0833. The number of aromatic nitrogens is 2. The van der Waals surface area contributed by atoms with Crippen LogP contribution in [0, 0.1) is 29.9 Å². The van der Waals surface area contributed by atoms with Crippen LogP contribution in [-0.2, 0) is 0 Å². The Bertz CT molecular complexity index is 634. The summed E-state index contributed by atoms with van der Waals surface area (Å²) in [4.78, 5) is 7.57. The second-order valence-corrected chi connectivity index (χ2v) is 3.54. The lowest BCUT2D eigenvalue weighted by Gasteiger charge is -2.09. The number of nitrogens with one attached hydrogen (secondary N) is 1. The Hall–Kier alpha value is -2.55. The molecule has 0 unspecified atom stereocenters. The summed E-state index contributed by atoms with van der Waals surface area (Å²) in [7, 11) is 0. The normalized spacial score (nSPS) is 9.89. The Morgan fingerprint density at radius 2 is 1.94 bits per heavy atom. The van der Waals surface area contributed by atoms with E-state index in [1.807, 2.05) is 0 Å². The van der Waals surface area contributed by atoms with Gasteiger partial charge in [0.15, 0.2) is 17.3 Å². The minimum atomic E-state index is -0.757. The fourth-order valence-corrected chi connectivity index (χ4v) is 1.40. The van der Waals surface area contributed by atoms with Crippen molar-refractivity contribution in [1.29, 1.82) is 5.26 Å². The molecule has 90 valence electrons. The van der Waals surface area contributed by atoms with E-state index >= 15 is 0 Å². The second-order valence-electron chi connectivity index (χ2n) is 3.54. The lowest BCUT2D eigenvalue weighted by Crippen LogP contribution is -2.03. The van der Waals surface area contributed by atoms with Gasteiger partial charge in [-0.2, -0.15) is 5.26 Å². The molecule has 0 aliphatic rings. The zero-order valence-electron chi connectivity index (χ0n) is 9.41. The van der Waals surface area contributed by atoms with E-state index in [0.29, 0.717) is 5.56 Å². The van der Waals surface area contributed by atoms with Gasteiger partial charge < -0.3 is 5.32 Å². The first-order valence-corrected chi connectivity index (χ1v) is 5.06. The molecule has 1 aromatic heterocycles. The van der Waals surface area contributed by atoms with Crippen molar-refractivity contribution in [2.75, 3.05) is 5.32 Å². The van der Waals surface area contributed by atoms with Gasteiger partial charge in [0.2, 0.25) is 0 Å². The van der Waals surface area contributed by atoms with Gasteiger partial charge in [0.1, 0.15) is 17.6 Å². The summed E-state index contributed by atoms with van der Waals surface area (Å²) in [6, 6.07) is 4.26. The Balaban J connectivity index is 2.47. The van der Waals surface area contributed by atoms with Crippen LogP contribution in [0.5, 0.6) is 0 Å². The average Bonchev–Trinajstić information content (AvgIpc) is 2.39. The second kappa shape index (κ2) is 4.75. The highest BCUT2D eigenvalue weighted by atomic mass is 19.1. The number of aryl methyl sites for hydroxylation is 1. The Morgan fingerprint density at radius 1 is 1.22 bits per heavy atom. The lowest BCUT2D eigenvalue weighted by molar-refractivity contribution is 0.584. The maximum atomic E-state index is 13.8. The molecule has 0 saturated carbocycles. The number of rotatable bonds is 2. The van der Waals surface area contributed by atoms with Gasteiger partial charge in [0.05, 0.1) is 0 Å². The first kappa shape index (κ1) is 11.9. The Morgan fingerprint density at radius 3 is 2.67 bits per heavy atom. The third-order valence-electron chi connectivity index (χ3n) is 2.33. The van der Waals surface area contributed by atoms with Gasteiger partial charge >= 0.3 is 0 Å². The van der Waals surface area contributed by atoms with Crippen molar-refractivity contribution in [1.82, 2.24) is 9.97 Å². The van der Waals surface area contributed by atoms with E-state index in [0.717, 1.165) is 6.07 Å². The van der Waals surface area contributed by atoms with Crippen LogP contribution >= 0.6 is 0 Å². The van der Waals surface area contributed by atoms with E-state index in [2.05, 4.69) is 15.3 Å². The van der Waals surface area contributed by atoms with Gasteiger partial charge in [-0.25, -0.2) is 18.7 Å². The summed E-state index contributed by atoms with van der Waals surface area (Å²) in [5.41, 5.74) is -0.0777. The van der Waals surface area contributed by atoms with Crippen molar-refractivity contribution >= 4 is 11.5 Å². The topological polar surface area (TPSA) is 61.6 Å². The van der Waals surface area contributed by atoms with Crippen molar-refractivity contribution in [2.45, 2.75) is 6.92 Å². The molecule has 18 heavy (non-hydrogen) atoms. The van der Waals surface area contributed by atoms with Crippen LogP contribution in [0.1, 0.15) is 11.3 Å². The van der Waals surface area contributed by atoms with Gasteiger partial charge in [-0.15, -0.1) is 0 Å². The Labute approximate surface area is 102 Å². The first-order valence-electron chi connectivity index (χ1n) is 5.06. The molecule has 4 nitrogen and oxygen atoms in total. The van der Waals surface area contributed by atoms with Crippen LogP contribution in [-0.4, -0.2) is 9.97 Å². The van der Waals surface area contributed by atoms with Crippen molar-refractivity contribution in [3.63, 3.8) is 0 Å². The molecule has 0 radical (unpaired) electrons. The number of anilines is 2. The summed E-state index contributed by atoms with van der Waals surface area (Å²) in [6.07, 6.45) is 2.65. The molecule has 2 aromatic rings. The number of nitriles is 1. The standard InChI is InChI=1S/C12H8F2N4/c1-7-2-3-8(13)11(10(7)14)18-12-9(6-15)16-4-5-17-12/h2-5H,1H3,(H,17,18). The van der Waals surface area contributed by atoms with Crippen molar-refractivity contribution in [3.05, 3.63) is 47.4 Å². The molecule has 0 bridgehead atoms. The monoisotopic (exact) mass is 246 g/mol. The predicted octanol–water partition coefficient (Wildman–Crippen LogP) is 2.68. The van der Waals surface area contributed by atoms with E-state index in [-0.39, 0.29) is 17.2 Å². The maximum absolute atomic E-state index is 13.8. The number of hydrogen-bond acceptors (Lipinski definition) is 4. The molecule has 0 spiro atoms. The van der Waals surface area contributed by atoms with E-state index < -0.39 is 11.6 Å². The van der Waals surface area contributed by atoms with Crippen LogP contribution in [0.3, 0.4) is 0 Å². The molecule has 0 fully saturated rings. The number of hydrogen-bond donors (Lipinski definition) is 1. The smallest absolute Gasteiger partial charge is 0.183 e. The molecule has 0 saturated heterocycles. The molecular weight excluding hydrogens is 238 g/mol. The third-order valence-corrected chi connectivity index (χ3v) is 2.33. The van der Waals surface area contributed by atoms with Crippen molar-refractivity contribution < 1.29 is 8.78 Å². The third kappa shape index (κ3) is 2.11. The molecule has 2 rings (SSSR count). The summed E-state index contributed by atoms with van der Waals surface area (Å²) >= 11 is 0. The molecule has 0 atom stereocenters. The molecule has 1 aromatic carbocycles. The predicted molar refractivity (Wildman–Crippen MR) is 61.1 cm³/mol. The zero-order valence-corrected chi connectivity index (χ0v) is 9.41. The minimum Gasteiger partial charge on any atom is -0.333 e. The van der Waals surface area contributed by atoms with E-state index in [4.69, 9.17) is 5.26 Å². The van der Waals surface area contributed by atoms with Crippen LogP contribution in [0.2, 0.25) is 0 Å². The summed E-state index contributed by atoms with van der Waals surface area (Å²) < 4.78 is 27.3. The molecule has 6 heteroatoms. The number of nitrogens with zero attached hydrogens (tertiary/aromatic N) is 3. The molecule has 0 aliphatic heterocycles. The largest absolute Gasteiger partial charge is 0.333 e. The van der Waals surface area contributed by atoms with Crippen LogP contribution in [0.25, 0.3) is 0 Å². The Kier molecular flexibility index (Phi) is 3.15. The van der Waals surface area contributed by atoms with Gasteiger partial charge in [0, 0.05) is 12.4 Å². The highest BCUT2D eigenvalue weighted by molar-refractivity contribution is 5.62. The van der Waals surface area contributed by atoms with E-state index in [1.165, 1.54) is 25.4 Å². The maximum Gasteiger partial charge on any atom is 0.183 e. The molecule has 1 N–H and O–H groups in total. The van der Waals surface area contributed by atoms with E-state index in [9.17, 15) is 8.78 Å². The van der Waals surface area contributed by atoms with Gasteiger partial charge in [-0.05, 0) is 18.6 Å². The number of benzene rings is 1. The van der Waals surface area contributed by atoms with E-state index in [1.54, 1.807) is 6.07 Å².